The Labute approximate surface area is 117 Å². The molecule has 0 atom stereocenters. The Morgan fingerprint density at radius 3 is 2.62 bits per heavy atom. The summed E-state index contributed by atoms with van der Waals surface area (Å²) in [5.74, 6) is 0.190. The van der Waals surface area contributed by atoms with Crippen LogP contribution in [0.1, 0.15) is 5.56 Å². The lowest BCUT2D eigenvalue weighted by atomic mass is 10.0. The number of nitrogen functional groups attached to an aromatic ring is 1. The van der Waals surface area contributed by atoms with E-state index in [9.17, 15) is 13.2 Å². The first-order valence-corrected chi connectivity index (χ1v) is 6.00. The third kappa shape index (κ3) is 2.18. The van der Waals surface area contributed by atoms with Crippen LogP contribution >= 0.6 is 0 Å². The minimum atomic E-state index is -4.46. The highest BCUT2D eigenvalue weighted by molar-refractivity contribution is 5.83. The summed E-state index contributed by atoms with van der Waals surface area (Å²) in [7, 11) is 1.60. The highest BCUT2D eigenvalue weighted by Gasteiger charge is 2.33. The molecule has 8 heteroatoms. The maximum Gasteiger partial charge on any atom is 0.417 e. The lowest BCUT2D eigenvalue weighted by Crippen LogP contribution is -2.07. The van der Waals surface area contributed by atoms with E-state index in [1.165, 1.54) is 29.1 Å². The van der Waals surface area contributed by atoms with Gasteiger partial charge >= 0.3 is 6.18 Å². The van der Waals surface area contributed by atoms with Gasteiger partial charge in [-0.3, -0.25) is 0 Å². The summed E-state index contributed by atoms with van der Waals surface area (Å²) in [6.07, 6.45) is -3.19. The third-order valence-electron chi connectivity index (χ3n) is 3.07. The van der Waals surface area contributed by atoms with Crippen molar-refractivity contribution in [1.29, 1.82) is 0 Å². The zero-order valence-corrected chi connectivity index (χ0v) is 10.9. The quantitative estimate of drug-likeness (QED) is 0.748. The van der Waals surface area contributed by atoms with E-state index in [0.29, 0.717) is 11.2 Å². The molecule has 0 amide bonds. The molecule has 0 fully saturated rings. The number of aromatic nitrogens is 4. The SMILES string of the molecule is Cn1nc(N)c2ncc(-c3ccccc3C(F)(F)F)nc21. The topological polar surface area (TPSA) is 69.6 Å². The molecule has 0 aliphatic carbocycles. The molecule has 0 unspecified atom stereocenters. The molecule has 0 bridgehead atoms. The Balaban J connectivity index is 2.24. The van der Waals surface area contributed by atoms with Crippen LogP contribution in [-0.2, 0) is 13.2 Å². The number of hydrogen-bond acceptors (Lipinski definition) is 4. The van der Waals surface area contributed by atoms with Crippen LogP contribution in [0.5, 0.6) is 0 Å². The number of alkyl halides is 3. The number of halogens is 3. The first-order chi connectivity index (χ1) is 9.88. The number of benzene rings is 1. The first-order valence-electron chi connectivity index (χ1n) is 6.00. The van der Waals surface area contributed by atoms with Gasteiger partial charge in [0.15, 0.2) is 17.0 Å². The van der Waals surface area contributed by atoms with Crippen molar-refractivity contribution in [2.24, 2.45) is 7.05 Å². The molecule has 2 N–H and O–H groups in total. The van der Waals surface area contributed by atoms with E-state index in [1.807, 2.05) is 0 Å². The molecule has 2 heterocycles. The van der Waals surface area contributed by atoms with Crippen molar-refractivity contribution >= 4 is 17.0 Å². The third-order valence-corrected chi connectivity index (χ3v) is 3.07. The van der Waals surface area contributed by atoms with E-state index >= 15 is 0 Å². The molecule has 3 rings (SSSR count). The van der Waals surface area contributed by atoms with Gasteiger partial charge in [0.2, 0.25) is 0 Å². The van der Waals surface area contributed by atoms with Crippen molar-refractivity contribution < 1.29 is 13.2 Å². The number of nitrogens with two attached hydrogens (primary N) is 1. The molecule has 0 aliphatic rings. The van der Waals surface area contributed by atoms with Gasteiger partial charge in [-0.05, 0) is 6.07 Å². The lowest BCUT2D eigenvalue weighted by molar-refractivity contribution is -0.137. The molecule has 0 saturated heterocycles. The second kappa shape index (κ2) is 4.44. The molecule has 5 nitrogen and oxygen atoms in total. The number of aryl methyl sites for hydroxylation is 1. The van der Waals surface area contributed by atoms with Crippen molar-refractivity contribution in [2.75, 3.05) is 5.73 Å². The number of rotatable bonds is 1. The predicted octanol–water partition coefficient (Wildman–Crippen LogP) is 2.63. The summed E-state index contributed by atoms with van der Waals surface area (Å²) in [4.78, 5) is 8.26. The summed E-state index contributed by atoms with van der Waals surface area (Å²) in [5, 5.41) is 3.94. The first kappa shape index (κ1) is 13.3. The van der Waals surface area contributed by atoms with E-state index in [4.69, 9.17) is 5.73 Å². The van der Waals surface area contributed by atoms with Gasteiger partial charge in [-0.25, -0.2) is 14.6 Å². The van der Waals surface area contributed by atoms with Crippen molar-refractivity contribution in [3.8, 4) is 11.3 Å². The molecule has 21 heavy (non-hydrogen) atoms. The van der Waals surface area contributed by atoms with Gasteiger partial charge in [0.05, 0.1) is 17.5 Å². The van der Waals surface area contributed by atoms with Crippen LogP contribution < -0.4 is 5.73 Å². The fraction of sp³-hybridized carbons (Fsp3) is 0.154. The Hall–Kier alpha value is -2.64. The average Bonchev–Trinajstić information content (AvgIpc) is 2.73. The Morgan fingerprint density at radius 2 is 1.90 bits per heavy atom. The van der Waals surface area contributed by atoms with Crippen LogP contribution in [0.15, 0.2) is 30.5 Å². The average molecular weight is 293 g/mol. The van der Waals surface area contributed by atoms with Crippen LogP contribution in [0.25, 0.3) is 22.4 Å². The van der Waals surface area contributed by atoms with Gasteiger partial charge in [-0.1, -0.05) is 18.2 Å². The number of nitrogens with zero attached hydrogens (tertiary/aromatic N) is 4. The van der Waals surface area contributed by atoms with Gasteiger partial charge in [0, 0.05) is 12.6 Å². The predicted molar refractivity (Wildman–Crippen MR) is 71.2 cm³/mol. The molecule has 0 radical (unpaired) electrons. The van der Waals surface area contributed by atoms with Crippen molar-refractivity contribution in [1.82, 2.24) is 19.7 Å². The zero-order valence-electron chi connectivity index (χ0n) is 10.9. The van der Waals surface area contributed by atoms with E-state index in [0.717, 1.165) is 6.07 Å². The highest BCUT2D eigenvalue weighted by atomic mass is 19.4. The van der Waals surface area contributed by atoms with Gasteiger partial charge in [-0.2, -0.15) is 18.3 Å². The number of anilines is 1. The summed E-state index contributed by atoms with van der Waals surface area (Å²) in [6, 6.07) is 5.23. The maximum absolute atomic E-state index is 13.0. The van der Waals surface area contributed by atoms with Gasteiger partial charge in [-0.15, -0.1) is 0 Å². The van der Waals surface area contributed by atoms with Crippen LogP contribution in [-0.4, -0.2) is 19.7 Å². The largest absolute Gasteiger partial charge is 0.417 e. The molecular weight excluding hydrogens is 283 g/mol. The summed E-state index contributed by atoms with van der Waals surface area (Å²) < 4.78 is 40.5. The fourth-order valence-corrected chi connectivity index (χ4v) is 2.13. The maximum atomic E-state index is 13.0. The molecule has 1 aromatic carbocycles. The van der Waals surface area contributed by atoms with Crippen LogP contribution in [0.3, 0.4) is 0 Å². The summed E-state index contributed by atoms with van der Waals surface area (Å²) >= 11 is 0. The second-order valence-electron chi connectivity index (χ2n) is 4.48. The fourth-order valence-electron chi connectivity index (χ4n) is 2.13. The van der Waals surface area contributed by atoms with Crippen molar-refractivity contribution in [3.05, 3.63) is 36.0 Å². The minimum Gasteiger partial charge on any atom is -0.380 e. The Bertz CT molecular complexity index is 822. The van der Waals surface area contributed by atoms with Crippen molar-refractivity contribution in [3.63, 3.8) is 0 Å². The lowest BCUT2D eigenvalue weighted by Gasteiger charge is -2.11. The molecule has 0 aliphatic heterocycles. The number of hydrogen-bond donors (Lipinski definition) is 1. The van der Waals surface area contributed by atoms with E-state index < -0.39 is 11.7 Å². The highest BCUT2D eigenvalue weighted by Crippen LogP contribution is 2.36. The van der Waals surface area contributed by atoms with Crippen molar-refractivity contribution in [2.45, 2.75) is 6.18 Å². The molecule has 0 saturated carbocycles. The Kier molecular flexibility index (Phi) is 2.82. The molecule has 0 spiro atoms. The molecule has 108 valence electrons. The van der Waals surface area contributed by atoms with E-state index in [2.05, 4.69) is 15.1 Å². The molecule has 3 aromatic rings. The summed E-state index contributed by atoms with van der Waals surface area (Å²) in [6.45, 7) is 0. The van der Waals surface area contributed by atoms with Gasteiger partial charge < -0.3 is 5.73 Å². The second-order valence-corrected chi connectivity index (χ2v) is 4.48. The summed E-state index contributed by atoms with van der Waals surface area (Å²) in [5.41, 5.74) is 5.69. The van der Waals surface area contributed by atoms with E-state index in [1.54, 1.807) is 7.05 Å². The molecular formula is C13H10F3N5. The smallest absolute Gasteiger partial charge is 0.380 e. The Morgan fingerprint density at radius 1 is 1.19 bits per heavy atom. The zero-order chi connectivity index (χ0) is 15.2. The van der Waals surface area contributed by atoms with Crippen LogP contribution in [0.4, 0.5) is 19.0 Å². The van der Waals surface area contributed by atoms with E-state index in [-0.39, 0.29) is 17.1 Å². The minimum absolute atomic E-state index is 0.0285. The normalized spacial score (nSPS) is 12.0. The van der Waals surface area contributed by atoms with Gasteiger partial charge in [0.25, 0.3) is 0 Å². The molecule has 2 aromatic heterocycles. The van der Waals surface area contributed by atoms with Crippen LogP contribution in [0, 0.1) is 0 Å². The monoisotopic (exact) mass is 293 g/mol. The number of fused-ring (bicyclic) bond motifs is 1. The standard InChI is InChI=1S/C13H10F3N5/c1-21-12-10(11(17)20-21)18-6-9(19-12)7-4-2-3-5-8(7)13(14,15)16/h2-6H,1H3,(H2,17,20). The van der Waals surface area contributed by atoms with Gasteiger partial charge in [0.1, 0.15) is 0 Å². The van der Waals surface area contributed by atoms with Crippen LogP contribution in [0.2, 0.25) is 0 Å².